The summed E-state index contributed by atoms with van der Waals surface area (Å²) in [6.45, 7) is 4.13. The molecule has 0 saturated heterocycles. The lowest BCUT2D eigenvalue weighted by molar-refractivity contribution is -0.123. The van der Waals surface area contributed by atoms with Crippen LogP contribution < -0.4 is 5.32 Å². The highest BCUT2D eigenvalue weighted by molar-refractivity contribution is 5.76. The molecule has 0 aliphatic rings. The summed E-state index contributed by atoms with van der Waals surface area (Å²) in [5, 5.41) is 22.9. The fraction of sp³-hybridized carbons (Fsp3) is 0.562. The summed E-state index contributed by atoms with van der Waals surface area (Å²) in [5.74, 6) is -0.124. The van der Waals surface area contributed by atoms with Crippen molar-refractivity contribution in [3.05, 3.63) is 122 Å². The van der Waals surface area contributed by atoms with Crippen LogP contribution in [0, 0.1) is 0 Å². The molecule has 0 radical (unpaired) electrons. The SMILES string of the molecule is CC/C=C\C/C=C\C/C=C\C/C=C\C/C=C\C/C=C\C/C=C\C/C=C\CCCCC(=O)NC(CO)C(O)/C=C/CC/C=C/CCCCCCCCC. The van der Waals surface area contributed by atoms with Crippen LogP contribution >= 0.6 is 0 Å². The van der Waals surface area contributed by atoms with Gasteiger partial charge in [-0.2, -0.15) is 0 Å². The maximum Gasteiger partial charge on any atom is 0.220 e. The van der Waals surface area contributed by atoms with Crippen LogP contribution in [0.5, 0.6) is 0 Å². The van der Waals surface area contributed by atoms with E-state index in [-0.39, 0.29) is 12.5 Å². The van der Waals surface area contributed by atoms with Crippen molar-refractivity contribution in [2.75, 3.05) is 6.61 Å². The van der Waals surface area contributed by atoms with Crippen molar-refractivity contribution in [2.45, 2.75) is 167 Å². The minimum absolute atomic E-state index is 0.124. The molecule has 0 spiro atoms. The van der Waals surface area contributed by atoms with Crippen molar-refractivity contribution in [1.29, 1.82) is 0 Å². The second-order valence-electron chi connectivity index (χ2n) is 13.3. The number of hydrogen-bond donors (Lipinski definition) is 3. The fourth-order valence-corrected chi connectivity index (χ4v) is 5.26. The van der Waals surface area contributed by atoms with Crippen LogP contribution in [0.1, 0.15) is 155 Å². The molecule has 292 valence electrons. The van der Waals surface area contributed by atoms with Gasteiger partial charge in [0.05, 0.1) is 18.8 Å². The molecule has 0 aromatic carbocycles. The molecule has 0 aromatic rings. The monoisotopic (exact) mass is 716 g/mol. The predicted molar refractivity (Wildman–Crippen MR) is 229 cm³/mol. The highest BCUT2D eigenvalue weighted by Crippen LogP contribution is 2.09. The normalized spacial score (nSPS) is 14.3. The minimum atomic E-state index is -0.888. The Hall–Kier alpha value is -3.21. The lowest BCUT2D eigenvalue weighted by Crippen LogP contribution is -2.45. The van der Waals surface area contributed by atoms with Gasteiger partial charge in [-0.3, -0.25) is 4.79 Å². The molecule has 0 rings (SSSR count). The standard InChI is InChI=1S/C48H77NO3/c1-3-5-7-9-11-13-15-17-18-19-20-21-22-23-24-25-26-27-28-29-30-32-34-36-38-40-42-44-48(52)49-46(45-50)47(51)43-41-39-37-35-33-31-16-14-12-10-8-6-4-2/h5,7,11,13,17-18,20-21,23-24,26-27,29-30,33-36,41,43,46-47,50-51H,3-4,6,8-10,12,14-16,19,22,25,28,31-32,37-40,42,44-45H2,1-2H3,(H,49,52)/b7-5-,13-11-,18-17-,21-20-,24-23-,27-26-,30-29-,35-33+,36-34-,43-41+. The lowest BCUT2D eigenvalue weighted by atomic mass is 10.1. The van der Waals surface area contributed by atoms with Crippen LogP contribution in [0.15, 0.2) is 122 Å². The second-order valence-corrected chi connectivity index (χ2v) is 13.3. The van der Waals surface area contributed by atoms with Crippen LogP contribution in [0.25, 0.3) is 0 Å². The van der Waals surface area contributed by atoms with E-state index in [2.05, 4.69) is 129 Å². The molecule has 4 heteroatoms. The summed E-state index contributed by atoms with van der Waals surface area (Å²) in [4.78, 5) is 12.3. The molecule has 0 fully saturated rings. The summed E-state index contributed by atoms with van der Waals surface area (Å²) in [6, 6.07) is -0.670. The third kappa shape index (κ3) is 38.0. The Balaban J connectivity index is 3.81. The molecule has 4 nitrogen and oxygen atoms in total. The predicted octanol–water partition coefficient (Wildman–Crippen LogP) is 13.0. The third-order valence-corrected chi connectivity index (χ3v) is 8.43. The summed E-state index contributed by atoms with van der Waals surface area (Å²) < 4.78 is 0. The Morgan fingerprint density at radius 2 is 0.865 bits per heavy atom. The number of allylic oxidation sites excluding steroid dienone is 19. The summed E-state index contributed by atoms with van der Waals surface area (Å²) in [5.41, 5.74) is 0. The summed E-state index contributed by atoms with van der Waals surface area (Å²) in [7, 11) is 0. The lowest BCUT2D eigenvalue weighted by Gasteiger charge is -2.19. The molecule has 3 N–H and O–H groups in total. The van der Waals surface area contributed by atoms with Gasteiger partial charge < -0.3 is 15.5 Å². The number of aliphatic hydroxyl groups excluding tert-OH is 2. The van der Waals surface area contributed by atoms with Gasteiger partial charge in [0.1, 0.15) is 0 Å². The maximum atomic E-state index is 12.3. The molecule has 0 bridgehead atoms. The van der Waals surface area contributed by atoms with Gasteiger partial charge in [0.2, 0.25) is 5.91 Å². The van der Waals surface area contributed by atoms with Crippen molar-refractivity contribution in [1.82, 2.24) is 5.32 Å². The number of amides is 1. The molecule has 0 aromatic heterocycles. The largest absolute Gasteiger partial charge is 0.394 e. The Labute approximate surface area is 320 Å². The number of aliphatic hydroxyl groups is 2. The van der Waals surface area contributed by atoms with Gasteiger partial charge >= 0.3 is 0 Å². The molecule has 0 heterocycles. The van der Waals surface area contributed by atoms with E-state index in [1.54, 1.807) is 6.08 Å². The first kappa shape index (κ1) is 48.8. The van der Waals surface area contributed by atoms with Crippen LogP contribution in [0.4, 0.5) is 0 Å². The maximum absolute atomic E-state index is 12.3. The molecular weight excluding hydrogens is 639 g/mol. The Kier molecular flexibility index (Phi) is 39.6. The molecular formula is C48H77NO3. The van der Waals surface area contributed by atoms with Crippen LogP contribution in [0.3, 0.4) is 0 Å². The first-order chi connectivity index (χ1) is 25.7. The second kappa shape index (κ2) is 42.2. The average molecular weight is 716 g/mol. The van der Waals surface area contributed by atoms with Gasteiger partial charge in [-0.1, -0.05) is 174 Å². The van der Waals surface area contributed by atoms with Crippen LogP contribution in [-0.2, 0) is 4.79 Å². The van der Waals surface area contributed by atoms with E-state index in [9.17, 15) is 15.0 Å². The van der Waals surface area contributed by atoms with Crippen molar-refractivity contribution < 1.29 is 15.0 Å². The molecule has 0 aliphatic carbocycles. The van der Waals surface area contributed by atoms with Gasteiger partial charge in [0.25, 0.3) is 0 Å². The number of hydrogen-bond acceptors (Lipinski definition) is 3. The van der Waals surface area contributed by atoms with Crippen molar-refractivity contribution in [3.8, 4) is 0 Å². The fourth-order valence-electron chi connectivity index (χ4n) is 5.26. The Morgan fingerprint density at radius 3 is 1.35 bits per heavy atom. The Bertz CT molecular complexity index is 1080. The number of rotatable bonds is 35. The van der Waals surface area contributed by atoms with E-state index in [0.29, 0.717) is 6.42 Å². The minimum Gasteiger partial charge on any atom is -0.394 e. The first-order valence-electron chi connectivity index (χ1n) is 20.7. The molecule has 0 aliphatic heterocycles. The number of unbranched alkanes of at least 4 members (excludes halogenated alkanes) is 10. The van der Waals surface area contributed by atoms with Gasteiger partial charge in [-0.25, -0.2) is 0 Å². The van der Waals surface area contributed by atoms with E-state index < -0.39 is 12.1 Å². The van der Waals surface area contributed by atoms with E-state index in [1.807, 2.05) is 6.08 Å². The number of carbonyl (C=O) groups is 1. The molecule has 2 unspecified atom stereocenters. The molecule has 0 saturated carbocycles. The highest BCUT2D eigenvalue weighted by atomic mass is 16.3. The zero-order valence-electron chi connectivity index (χ0n) is 33.3. The van der Waals surface area contributed by atoms with E-state index in [4.69, 9.17) is 0 Å². The van der Waals surface area contributed by atoms with Crippen LogP contribution in [0.2, 0.25) is 0 Å². The smallest absolute Gasteiger partial charge is 0.220 e. The van der Waals surface area contributed by atoms with E-state index >= 15 is 0 Å². The molecule has 2 atom stereocenters. The van der Waals surface area contributed by atoms with Gasteiger partial charge in [0, 0.05) is 6.42 Å². The first-order valence-corrected chi connectivity index (χ1v) is 20.7. The quantitative estimate of drug-likeness (QED) is 0.0452. The van der Waals surface area contributed by atoms with Gasteiger partial charge in [-0.15, -0.1) is 0 Å². The highest BCUT2D eigenvalue weighted by Gasteiger charge is 2.17. The third-order valence-electron chi connectivity index (χ3n) is 8.43. The van der Waals surface area contributed by atoms with Crippen molar-refractivity contribution in [3.63, 3.8) is 0 Å². The Morgan fingerprint density at radius 1 is 0.481 bits per heavy atom. The summed E-state index contributed by atoms with van der Waals surface area (Å²) in [6.07, 6.45) is 65.8. The number of carbonyl (C=O) groups excluding carboxylic acids is 1. The average Bonchev–Trinajstić information content (AvgIpc) is 3.15. The molecule has 52 heavy (non-hydrogen) atoms. The zero-order valence-corrected chi connectivity index (χ0v) is 33.3. The molecule has 1 amide bonds. The zero-order chi connectivity index (χ0) is 37.8. The van der Waals surface area contributed by atoms with Crippen LogP contribution in [-0.4, -0.2) is 34.9 Å². The van der Waals surface area contributed by atoms with E-state index in [1.165, 1.54) is 44.9 Å². The number of nitrogens with one attached hydrogen (secondary N) is 1. The van der Waals surface area contributed by atoms with Crippen molar-refractivity contribution in [2.24, 2.45) is 0 Å². The van der Waals surface area contributed by atoms with Crippen molar-refractivity contribution >= 4 is 5.91 Å². The van der Waals surface area contributed by atoms with E-state index in [0.717, 1.165) is 89.9 Å². The topological polar surface area (TPSA) is 69.6 Å². The van der Waals surface area contributed by atoms with Gasteiger partial charge in [-0.05, 0) is 96.3 Å². The van der Waals surface area contributed by atoms with Gasteiger partial charge in [0.15, 0.2) is 0 Å². The summed E-state index contributed by atoms with van der Waals surface area (Å²) >= 11 is 0.